The predicted octanol–water partition coefficient (Wildman–Crippen LogP) is 2.17. The van der Waals surface area contributed by atoms with Crippen LogP contribution in [0, 0.1) is 0 Å². The summed E-state index contributed by atoms with van der Waals surface area (Å²) in [5.41, 5.74) is 1.97. The van der Waals surface area contributed by atoms with Gasteiger partial charge in [-0.3, -0.25) is 9.69 Å². The first-order valence-corrected chi connectivity index (χ1v) is 8.03. The van der Waals surface area contributed by atoms with Gasteiger partial charge in [0.05, 0.1) is 24.5 Å². The minimum absolute atomic E-state index is 0.0201. The Morgan fingerprint density at radius 2 is 2.23 bits per heavy atom. The summed E-state index contributed by atoms with van der Waals surface area (Å²) in [7, 11) is 3.96. The van der Waals surface area contributed by atoms with E-state index >= 15 is 0 Å². The Kier molecular flexibility index (Phi) is 4.43. The van der Waals surface area contributed by atoms with Crippen molar-refractivity contribution in [2.75, 3.05) is 20.6 Å². The van der Waals surface area contributed by atoms with Crippen LogP contribution >= 0.6 is 0 Å². The van der Waals surface area contributed by atoms with E-state index in [9.17, 15) is 4.79 Å². The van der Waals surface area contributed by atoms with Crippen molar-refractivity contribution in [3.63, 3.8) is 0 Å². The average Bonchev–Trinajstić information content (AvgIpc) is 2.80. The number of hydrogen-bond donors (Lipinski definition) is 0. The summed E-state index contributed by atoms with van der Waals surface area (Å²) >= 11 is 0. The van der Waals surface area contributed by atoms with Crippen LogP contribution in [0.15, 0.2) is 30.6 Å². The number of pyridine rings is 1. The second-order valence-corrected chi connectivity index (χ2v) is 6.22. The molecule has 118 valence electrons. The Labute approximate surface area is 131 Å². The molecule has 5 heteroatoms. The van der Waals surface area contributed by atoms with E-state index in [1.54, 1.807) is 0 Å². The van der Waals surface area contributed by atoms with Crippen molar-refractivity contribution in [3.8, 4) is 0 Å². The van der Waals surface area contributed by atoms with E-state index in [2.05, 4.69) is 16.9 Å². The molecule has 1 fully saturated rings. The Morgan fingerprint density at radius 1 is 1.36 bits per heavy atom. The standard InChI is InChI=1S/C17H24N4O/c1-19-10-6-3-4-8-15(19)17(22)20(2)13-14-12-18-16-9-5-7-11-21(14)16/h5,7,9,11-12,15H,3-4,6,8,10,13H2,1-2H3/t15-/m1/s1. The Morgan fingerprint density at radius 3 is 3.09 bits per heavy atom. The van der Waals surface area contributed by atoms with Gasteiger partial charge in [-0.1, -0.05) is 18.9 Å². The number of imidazole rings is 1. The average molecular weight is 300 g/mol. The Hall–Kier alpha value is -1.88. The molecule has 0 unspecified atom stereocenters. The number of nitrogens with zero attached hydrogens (tertiary/aromatic N) is 4. The van der Waals surface area contributed by atoms with Crippen LogP contribution in [-0.4, -0.2) is 51.8 Å². The fraction of sp³-hybridized carbons (Fsp3) is 0.529. The highest BCUT2D eigenvalue weighted by atomic mass is 16.2. The van der Waals surface area contributed by atoms with Crippen molar-refractivity contribution in [2.45, 2.75) is 38.3 Å². The van der Waals surface area contributed by atoms with Gasteiger partial charge in [-0.25, -0.2) is 4.98 Å². The minimum atomic E-state index is 0.0201. The molecule has 0 aliphatic carbocycles. The molecule has 0 spiro atoms. The highest BCUT2D eigenvalue weighted by molar-refractivity contribution is 5.81. The van der Waals surface area contributed by atoms with Crippen molar-refractivity contribution in [1.29, 1.82) is 0 Å². The number of fused-ring (bicyclic) bond motifs is 1. The van der Waals surface area contributed by atoms with Crippen LogP contribution in [0.25, 0.3) is 5.65 Å². The van der Waals surface area contributed by atoms with Crippen LogP contribution in [0.4, 0.5) is 0 Å². The molecule has 1 atom stereocenters. The van der Waals surface area contributed by atoms with Crippen LogP contribution < -0.4 is 0 Å². The number of hydrogen-bond acceptors (Lipinski definition) is 3. The monoisotopic (exact) mass is 300 g/mol. The molecule has 0 saturated carbocycles. The summed E-state index contributed by atoms with van der Waals surface area (Å²) in [5.74, 6) is 0.218. The SMILES string of the molecule is CN(Cc1cnc2ccccn12)C(=O)[C@H]1CCCCCN1C. The Bertz CT molecular complexity index is 651. The number of aromatic nitrogens is 2. The smallest absolute Gasteiger partial charge is 0.240 e. The molecule has 0 radical (unpaired) electrons. The first kappa shape index (κ1) is 15.0. The molecule has 22 heavy (non-hydrogen) atoms. The van der Waals surface area contributed by atoms with Crippen molar-refractivity contribution >= 4 is 11.6 Å². The highest BCUT2D eigenvalue weighted by Gasteiger charge is 2.27. The molecule has 1 aliphatic rings. The third kappa shape index (κ3) is 2.99. The van der Waals surface area contributed by atoms with Gasteiger partial charge in [0.25, 0.3) is 0 Å². The van der Waals surface area contributed by atoms with Crippen LogP contribution in [-0.2, 0) is 11.3 Å². The lowest BCUT2D eigenvalue weighted by Gasteiger charge is -2.29. The number of carbonyl (C=O) groups excluding carboxylic acids is 1. The van der Waals surface area contributed by atoms with Crippen LogP contribution in [0.5, 0.6) is 0 Å². The van der Waals surface area contributed by atoms with E-state index in [1.165, 1.54) is 12.8 Å². The second-order valence-electron chi connectivity index (χ2n) is 6.22. The molecular weight excluding hydrogens is 276 g/mol. The molecule has 0 N–H and O–H groups in total. The molecule has 5 nitrogen and oxygen atoms in total. The lowest BCUT2D eigenvalue weighted by Crippen LogP contribution is -2.45. The van der Waals surface area contributed by atoms with Gasteiger partial charge in [-0.2, -0.15) is 0 Å². The molecule has 0 aromatic carbocycles. The maximum absolute atomic E-state index is 12.8. The minimum Gasteiger partial charge on any atom is -0.339 e. The lowest BCUT2D eigenvalue weighted by atomic mass is 10.1. The van der Waals surface area contributed by atoms with E-state index < -0.39 is 0 Å². The van der Waals surface area contributed by atoms with Crippen molar-refractivity contribution in [1.82, 2.24) is 19.2 Å². The van der Waals surface area contributed by atoms with Crippen molar-refractivity contribution in [3.05, 3.63) is 36.3 Å². The Balaban J connectivity index is 1.73. The molecule has 3 rings (SSSR count). The van der Waals surface area contributed by atoms with Gasteiger partial charge < -0.3 is 9.30 Å². The zero-order valence-corrected chi connectivity index (χ0v) is 13.4. The van der Waals surface area contributed by atoms with Crippen LogP contribution in [0.3, 0.4) is 0 Å². The van der Waals surface area contributed by atoms with E-state index in [0.717, 1.165) is 30.7 Å². The topological polar surface area (TPSA) is 40.9 Å². The van der Waals surface area contributed by atoms with Gasteiger partial charge in [-0.15, -0.1) is 0 Å². The van der Waals surface area contributed by atoms with Crippen LogP contribution in [0.1, 0.15) is 31.4 Å². The summed E-state index contributed by atoms with van der Waals surface area (Å²) in [6, 6.07) is 5.96. The van der Waals surface area contributed by atoms with E-state index in [0.29, 0.717) is 6.54 Å². The zero-order chi connectivity index (χ0) is 15.5. The van der Waals surface area contributed by atoms with E-state index in [1.807, 2.05) is 46.9 Å². The second kappa shape index (κ2) is 6.48. The molecule has 2 aromatic heterocycles. The zero-order valence-electron chi connectivity index (χ0n) is 13.4. The largest absolute Gasteiger partial charge is 0.339 e. The summed E-state index contributed by atoms with van der Waals surface area (Å²) in [6.07, 6.45) is 8.38. The van der Waals surface area contributed by atoms with Gasteiger partial charge in [0.1, 0.15) is 5.65 Å². The maximum atomic E-state index is 12.8. The lowest BCUT2D eigenvalue weighted by molar-refractivity contribution is -0.135. The quantitative estimate of drug-likeness (QED) is 0.872. The van der Waals surface area contributed by atoms with Gasteiger partial charge in [0.2, 0.25) is 5.91 Å². The molecule has 1 aliphatic heterocycles. The van der Waals surface area contributed by atoms with E-state index in [4.69, 9.17) is 0 Å². The molecule has 3 heterocycles. The summed E-state index contributed by atoms with van der Waals surface area (Å²) in [6.45, 7) is 1.61. The summed E-state index contributed by atoms with van der Waals surface area (Å²) in [5, 5.41) is 0. The van der Waals surface area contributed by atoms with E-state index in [-0.39, 0.29) is 11.9 Å². The molecule has 1 saturated heterocycles. The number of rotatable bonds is 3. The molecule has 1 amide bonds. The van der Waals surface area contributed by atoms with Gasteiger partial charge in [0, 0.05) is 13.2 Å². The van der Waals surface area contributed by atoms with Crippen LogP contribution in [0.2, 0.25) is 0 Å². The summed E-state index contributed by atoms with van der Waals surface area (Å²) < 4.78 is 2.04. The predicted molar refractivity (Wildman–Crippen MR) is 86.6 cm³/mol. The molecule has 0 bridgehead atoms. The normalized spacial score (nSPS) is 20.0. The fourth-order valence-corrected chi connectivity index (χ4v) is 3.24. The van der Waals surface area contributed by atoms with Crippen molar-refractivity contribution < 1.29 is 4.79 Å². The first-order chi connectivity index (χ1) is 10.7. The third-order valence-electron chi connectivity index (χ3n) is 4.57. The number of carbonyl (C=O) groups is 1. The maximum Gasteiger partial charge on any atom is 0.240 e. The van der Waals surface area contributed by atoms with Gasteiger partial charge in [0.15, 0.2) is 0 Å². The number of likely N-dealkylation sites (tertiary alicyclic amines) is 1. The fourth-order valence-electron chi connectivity index (χ4n) is 3.24. The highest BCUT2D eigenvalue weighted by Crippen LogP contribution is 2.18. The summed E-state index contributed by atoms with van der Waals surface area (Å²) in [4.78, 5) is 21.2. The molecule has 2 aromatic rings. The molecular formula is C17H24N4O. The third-order valence-corrected chi connectivity index (χ3v) is 4.57. The number of likely N-dealkylation sites (N-methyl/N-ethyl adjacent to an activating group) is 2. The first-order valence-electron chi connectivity index (χ1n) is 8.03. The van der Waals surface area contributed by atoms with Gasteiger partial charge in [-0.05, 0) is 38.6 Å². The van der Waals surface area contributed by atoms with Crippen molar-refractivity contribution in [2.24, 2.45) is 0 Å². The van der Waals surface area contributed by atoms with Gasteiger partial charge >= 0.3 is 0 Å². The number of amides is 1.